The molecular weight excluding hydrogens is 328 g/mol. The SMILES string of the molecule is Cc1cc(Br)cc(C(O)Cc2c(Cl)c(C)nn2C)c1. The molecular formula is C14H16BrClN2O. The van der Waals surface area contributed by atoms with Crippen LogP contribution in [0.25, 0.3) is 0 Å². The summed E-state index contributed by atoms with van der Waals surface area (Å²) >= 11 is 9.65. The molecule has 102 valence electrons. The Balaban J connectivity index is 2.27. The molecule has 19 heavy (non-hydrogen) atoms. The van der Waals surface area contributed by atoms with Gasteiger partial charge in [0.1, 0.15) is 0 Å². The van der Waals surface area contributed by atoms with Crippen molar-refractivity contribution in [3.63, 3.8) is 0 Å². The van der Waals surface area contributed by atoms with Gasteiger partial charge in [-0.25, -0.2) is 0 Å². The standard InChI is InChI=1S/C14H16BrClN2O/c1-8-4-10(6-11(15)5-8)13(19)7-12-14(16)9(2)17-18(12)3/h4-6,13,19H,7H2,1-3H3. The first kappa shape index (κ1) is 14.6. The molecule has 3 nitrogen and oxygen atoms in total. The molecule has 0 bridgehead atoms. The minimum Gasteiger partial charge on any atom is -0.388 e. The monoisotopic (exact) mass is 342 g/mol. The third kappa shape index (κ3) is 3.19. The first-order chi connectivity index (χ1) is 8.88. The van der Waals surface area contributed by atoms with Crippen molar-refractivity contribution in [1.82, 2.24) is 9.78 Å². The van der Waals surface area contributed by atoms with Crippen molar-refractivity contribution < 1.29 is 5.11 Å². The van der Waals surface area contributed by atoms with Crippen LogP contribution in [0.1, 0.15) is 28.6 Å². The lowest BCUT2D eigenvalue weighted by Crippen LogP contribution is -2.07. The Kier molecular flexibility index (Phi) is 4.33. The molecule has 1 N–H and O–H groups in total. The van der Waals surface area contributed by atoms with Crippen LogP contribution in [-0.2, 0) is 13.5 Å². The van der Waals surface area contributed by atoms with Crippen LogP contribution in [0.15, 0.2) is 22.7 Å². The minimum atomic E-state index is -0.594. The van der Waals surface area contributed by atoms with Gasteiger partial charge in [0.2, 0.25) is 0 Å². The van der Waals surface area contributed by atoms with Gasteiger partial charge in [0, 0.05) is 17.9 Å². The van der Waals surface area contributed by atoms with Crippen molar-refractivity contribution >= 4 is 27.5 Å². The Morgan fingerprint density at radius 1 is 1.37 bits per heavy atom. The van der Waals surface area contributed by atoms with Crippen molar-refractivity contribution in [3.8, 4) is 0 Å². The molecule has 0 aliphatic carbocycles. The largest absolute Gasteiger partial charge is 0.388 e. The first-order valence-corrected chi connectivity index (χ1v) is 7.18. The number of halogens is 2. The fourth-order valence-corrected chi connectivity index (χ4v) is 3.02. The molecule has 0 aliphatic rings. The van der Waals surface area contributed by atoms with Gasteiger partial charge in [0.15, 0.2) is 0 Å². The molecule has 0 saturated heterocycles. The van der Waals surface area contributed by atoms with Crippen molar-refractivity contribution in [2.75, 3.05) is 0 Å². The lowest BCUT2D eigenvalue weighted by atomic mass is 10.0. The third-order valence-electron chi connectivity index (χ3n) is 3.10. The summed E-state index contributed by atoms with van der Waals surface area (Å²) in [5, 5.41) is 15.2. The number of aromatic nitrogens is 2. The van der Waals surface area contributed by atoms with Gasteiger partial charge in [-0.3, -0.25) is 4.68 Å². The molecule has 1 aromatic carbocycles. The number of aliphatic hydroxyl groups excluding tert-OH is 1. The molecule has 2 rings (SSSR count). The zero-order chi connectivity index (χ0) is 14.2. The van der Waals surface area contributed by atoms with Crippen molar-refractivity contribution in [2.45, 2.75) is 26.4 Å². The van der Waals surface area contributed by atoms with Crippen LogP contribution in [0.5, 0.6) is 0 Å². The van der Waals surface area contributed by atoms with Crippen LogP contribution in [0, 0.1) is 13.8 Å². The van der Waals surface area contributed by atoms with E-state index in [1.807, 2.05) is 39.1 Å². The van der Waals surface area contributed by atoms with E-state index in [2.05, 4.69) is 21.0 Å². The summed E-state index contributed by atoms with van der Waals surface area (Å²) in [7, 11) is 1.84. The van der Waals surface area contributed by atoms with E-state index in [0.717, 1.165) is 27.0 Å². The molecule has 1 atom stereocenters. The number of benzene rings is 1. The molecule has 0 amide bonds. The van der Waals surface area contributed by atoms with E-state index in [0.29, 0.717) is 11.4 Å². The van der Waals surface area contributed by atoms with E-state index in [4.69, 9.17) is 11.6 Å². The normalized spacial score (nSPS) is 12.7. The quantitative estimate of drug-likeness (QED) is 0.922. The Hall–Kier alpha value is -0.840. The second kappa shape index (κ2) is 5.65. The summed E-state index contributed by atoms with van der Waals surface area (Å²) in [6, 6.07) is 5.92. The Morgan fingerprint density at radius 2 is 2.05 bits per heavy atom. The summed E-state index contributed by atoms with van der Waals surface area (Å²) in [5.74, 6) is 0. The Morgan fingerprint density at radius 3 is 2.58 bits per heavy atom. The number of hydrogen-bond acceptors (Lipinski definition) is 2. The highest BCUT2D eigenvalue weighted by atomic mass is 79.9. The van der Waals surface area contributed by atoms with E-state index in [1.54, 1.807) is 4.68 Å². The Labute approximate surface area is 126 Å². The predicted octanol–water partition coefficient (Wildman–Crippen LogP) is 3.73. The topological polar surface area (TPSA) is 38.1 Å². The molecule has 0 aliphatic heterocycles. The second-order valence-corrected chi connectivity index (χ2v) is 6.05. The maximum Gasteiger partial charge on any atom is 0.0848 e. The van der Waals surface area contributed by atoms with Gasteiger partial charge in [-0.05, 0) is 37.1 Å². The van der Waals surface area contributed by atoms with Crippen LogP contribution < -0.4 is 0 Å². The average Bonchev–Trinajstić information content (AvgIpc) is 2.54. The molecule has 1 unspecified atom stereocenters. The maximum atomic E-state index is 10.4. The van der Waals surface area contributed by atoms with Gasteiger partial charge in [-0.1, -0.05) is 33.6 Å². The fourth-order valence-electron chi connectivity index (χ4n) is 2.16. The van der Waals surface area contributed by atoms with Crippen LogP contribution in [0.3, 0.4) is 0 Å². The highest BCUT2D eigenvalue weighted by molar-refractivity contribution is 9.10. The fraction of sp³-hybridized carbons (Fsp3) is 0.357. The molecule has 0 fully saturated rings. The summed E-state index contributed by atoms with van der Waals surface area (Å²) in [6.45, 7) is 3.86. The summed E-state index contributed by atoms with van der Waals surface area (Å²) in [6.07, 6.45) is -0.144. The lowest BCUT2D eigenvalue weighted by Gasteiger charge is -2.13. The van der Waals surface area contributed by atoms with E-state index < -0.39 is 6.10 Å². The minimum absolute atomic E-state index is 0.450. The van der Waals surface area contributed by atoms with Gasteiger partial charge >= 0.3 is 0 Å². The zero-order valence-electron chi connectivity index (χ0n) is 11.1. The van der Waals surface area contributed by atoms with Crippen LogP contribution >= 0.6 is 27.5 Å². The second-order valence-electron chi connectivity index (χ2n) is 4.75. The maximum absolute atomic E-state index is 10.4. The molecule has 0 radical (unpaired) electrons. The zero-order valence-corrected chi connectivity index (χ0v) is 13.5. The lowest BCUT2D eigenvalue weighted by molar-refractivity contribution is 0.175. The van der Waals surface area contributed by atoms with Crippen LogP contribution in [-0.4, -0.2) is 14.9 Å². The molecule has 5 heteroatoms. The van der Waals surface area contributed by atoms with Gasteiger partial charge in [-0.15, -0.1) is 0 Å². The van der Waals surface area contributed by atoms with Gasteiger partial charge in [0.25, 0.3) is 0 Å². The Bertz CT molecular complexity index is 589. The van der Waals surface area contributed by atoms with Crippen molar-refractivity contribution in [1.29, 1.82) is 0 Å². The van der Waals surface area contributed by atoms with Crippen molar-refractivity contribution in [3.05, 3.63) is 50.2 Å². The summed E-state index contributed by atoms with van der Waals surface area (Å²) in [4.78, 5) is 0. The number of aliphatic hydroxyl groups is 1. The van der Waals surface area contributed by atoms with E-state index in [9.17, 15) is 5.11 Å². The summed E-state index contributed by atoms with van der Waals surface area (Å²) < 4.78 is 2.69. The van der Waals surface area contributed by atoms with Gasteiger partial charge in [0.05, 0.1) is 22.5 Å². The smallest absolute Gasteiger partial charge is 0.0848 e. The molecule has 1 heterocycles. The van der Waals surface area contributed by atoms with Crippen LogP contribution in [0.4, 0.5) is 0 Å². The van der Waals surface area contributed by atoms with E-state index in [1.165, 1.54) is 0 Å². The third-order valence-corrected chi connectivity index (χ3v) is 4.05. The average molecular weight is 344 g/mol. The summed E-state index contributed by atoms with van der Waals surface area (Å²) in [5.41, 5.74) is 3.62. The van der Waals surface area contributed by atoms with Gasteiger partial charge in [-0.2, -0.15) is 5.10 Å². The molecule has 1 aromatic heterocycles. The first-order valence-electron chi connectivity index (χ1n) is 6.01. The number of hydrogen-bond donors (Lipinski definition) is 1. The number of rotatable bonds is 3. The van der Waals surface area contributed by atoms with Gasteiger partial charge < -0.3 is 5.11 Å². The molecule has 2 aromatic rings. The predicted molar refractivity (Wildman–Crippen MR) is 80.5 cm³/mol. The highest BCUT2D eigenvalue weighted by Crippen LogP contribution is 2.27. The van der Waals surface area contributed by atoms with E-state index in [-0.39, 0.29) is 0 Å². The van der Waals surface area contributed by atoms with Crippen LogP contribution in [0.2, 0.25) is 5.02 Å². The number of nitrogens with zero attached hydrogens (tertiary/aromatic N) is 2. The van der Waals surface area contributed by atoms with Crippen molar-refractivity contribution in [2.24, 2.45) is 7.05 Å². The van der Waals surface area contributed by atoms with E-state index >= 15 is 0 Å². The molecule has 0 spiro atoms. The molecule has 0 saturated carbocycles. The number of aryl methyl sites for hydroxylation is 3. The highest BCUT2D eigenvalue weighted by Gasteiger charge is 2.17.